The summed E-state index contributed by atoms with van der Waals surface area (Å²) < 4.78 is 0. The summed E-state index contributed by atoms with van der Waals surface area (Å²) >= 11 is 5.89. The molecule has 130 valence electrons. The number of nitrogens with one attached hydrogen (secondary N) is 2. The lowest BCUT2D eigenvalue weighted by atomic mass is 9.95. The van der Waals surface area contributed by atoms with Crippen molar-refractivity contribution < 1.29 is 9.59 Å². The molecule has 0 fully saturated rings. The fraction of sp³-hybridized carbons (Fsp3) is 0.200. The fourth-order valence-electron chi connectivity index (χ4n) is 1.91. The smallest absolute Gasteiger partial charge is 0.272 e. The van der Waals surface area contributed by atoms with Crippen LogP contribution in [-0.2, 0) is 9.59 Å². The van der Waals surface area contributed by atoms with E-state index in [1.807, 2.05) is 18.2 Å². The van der Waals surface area contributed by atoms with E-state index in [4.69, 9.17) is 11.6 Å². The summed E-state index contributed by atoms with van der Waals surface area (Å²) in [5, 5.41) is 6.10. The first kappa shape index (κ1) is 18.7. The molecule has 2 N–H and O–H groups in total. The van der Waals surface area contributed by atoms with Gasteiger partial charge in [0, 0.05) is 16.1 Å². The molecule has 2 aromatic rings. The molecule has 4 nitrogen and oxygen atoms in total. The Labute approximate surface area is 152 Å². The SMILES string of the molecule is CC(C)(C)C(=O)N/C(=C/c1ccc(Cl)cc1)C(=O)Nc1ccccc1. The van der Waals surface area contributed by atoms with Gasteiger partial charge in [0.25, 0.3) is 5.91 Å². The van der Waals surface area contributed by atoms with Gasteiger partial charge in [-0.05, 0) is 35.9 Å². The van der Waals surface area contributed by atoms with Gasteiger partial charge in [-0.1, -0.05) is 62.7 Å². The van der Waals surface area contributed by atoms with Crippen molar-refractivity contribution in [3.05, 3.63) is 70.9 Å². The Morgan fingerprint density at radius 1 is 0.960 bits per heavy atom. The molecule has 2 rings (SSSR count). The highest BCUT2D eigenvalue weighted by Gasteiger charge is 2.24. The average Bonchev–Trinajstić information content (AvgIpc) is 2.56. The Kier molecular flexibility index (Phi) is 5.99. The van der Waals surface area contributed by atoms with Crippen molar-refractivity contribution in [1.29, 1.82) is 0 Å². The molecule has 2 aromatic carbocycles. The molecule has 0 atom stereocenters. The topological polar surface area (TPSA) is 58.2 Å². The number of amides is 2. The molecule has 0 aliphatic carbocycles. The first-order valence-electron chi connectivity index (χ1n) is 7.91. The van der Waals surface area contributed by atoms with E-state index in [-0.39, 0.29) is 11.6 Å². The summed E-state index contributed by atoms with van der Waals surface area (Å²) in [7, 11) is 0. The molecule has 0 unspecified atom stereocenters. The Morgan fingerprint density at radius 2 is 1.56 bits per heavy atom. The summed E-state index contributed by atoms with van der Waals surface area (Å²) in [5.74, 6) is -0.630. The van der Waals surface area contributed by atoms with E-state index in [1.165, 1.54) is 0 Å². The van der Waals surface area contributed by atoms with Gasteiger partial charge in [0.1, 0.15) is 5.70 Å². The van der Waals surface area contributed by atoms with Crippen molar-refractivity contribution in [2.45, 2.75) is 20.8 Å². The van der Waals surface area contributed by atoms with Crippen LogP contribution < -0.4 is 10.6 Å². The quantitative estimate of drug-likeness (QED) is 0.793. The maximum absolute atomic E-state index is 12.6. The monoisotopic (exact) mass is 356 g/mol. The third-order valence-corrected chi connectivity index (χ3v) is 3.64. The number of carbonyl (C=O) groups is 2. The number of anilines is 1. The van der Waals surface area contributed by atoms with Crippen LogP contribution in [0, 0.1) is 5.41 Å². The molecule has 5 heteroatoms. The molecule has 0 aliphatic rings. The number of rotatable bonds is 4. The number of hydrogen-bond donors (Lipinski definition) is 2. The van der Waals surface area contributed by atoms with E-state index < -0.39 is 11.3 Å². The second-order valence-corrected chi connectivity index (χ2v) is 7.07. The van der Waals surface area contributed by atoms with E-state index in [0.717, 1.165) is 5.56 Å². The fourth-order valence-corrected chi connectivity index (χ4v) is 2.04. The molecule has 0 aromatic heterocycles. The number of benzene rings is 2. The van der Waals surface area contributed by atoms with Gasteiger partial charge in [-0.15, -0.1) is 0 Å². The predicted molar refractivity (Wildman–Crippen MR) is 102 cm³/mol. The first-order chi connectivity index (χ1) is 11.8. The highest BCUT2D eigenvalue weighted by atomic mass is 35.5. The molecule has 2 amide bonds. The van der Waals surface area contributed by atoms with Crippen molar-refractivity contribution >= 4 is 35.2 Å². The molecular weight excluding hydrogens is 336 g/mol. The zero-order valence-corrected chi connectivity index (χ0v) is 15.2. The summed E-state index contributed by atoms with van der Waals surface area (Å²) in [6, 6.07) is 16.1. The molecule has 0 saturated heterocycles. The third-order valence-electron chi connectivity index (χ3n) is 3.39. The van der Waals surface area contributed by atoms with Gasteiger partial charge < -0.3 is 10.6 Å². The van der Waals surface area contributed by atoms with Gasteiger partial charge >= 0.3 is 0 Å². The summed E-state index contributed by atoms with van der Waals surface area (Å²) in [6.45, 7) is 5.37. The minimum atomic E-state index is -0.619. The minimum Gasteiger partial charge on any atom is -0.321 e. The predicted octanol–water partition coefficient (Wildman–Crippen LogP) is 4.48. The van der Waals surface area contributed by atoms with Gasteiger partial charge in [-0.25, -0.2) is 0 Å². The average molecular weight is 357 g/mol. The number of halogens is 1. The zero-order chi connectivity index (χ0) is 18.4. The molecule has 0 bridgehead atoms. The molecule has 25 heavy (non-hydrogen) atoms. The van der Waals surface area contributed by atoms with E-state index in [0.29, 0.717) is 10.7 Å². The standard InChI is InChI=1S/C20H21ClN2O2/c1-20(2,3)19(25)23-17(13-14-9-11-15(21)12-10-14)18(24)22-16-7-5-4-6-8-16/h4-13H,1-3H3,(H,22,24)(H,23,25)/b17-13+. The zero-order valence-electron chi connectivity index (χ0n) is 14.5. The number of para-hydroxylation sites is 1. The van der Waals surface area contributed by atoms with Gasteiger partial charge in [-0.3, -0.25) is 9.59 Å². The highest BCUT2D eigenvalue weighted by molar-refractivity contribution is 6.30. The highest BCUT2D eigenvalue weighted by Crippen LogP contribution is 2.17. The summed E-state index contributed by atoms with van der Waals surface area (Å²) in [4.78, 5) is 24.9. The van der Waals surface area contributed by atoms with Crippen LogP contribution in [0.4, 0.5) is 5.69 Å². The lowest BCUT2D eigenvalue weighted by molar-refractivity contribution is -0.128. The van der Waals surface area contributed by atoms with Crippen molar-refractivity contribution in [1.82, 2.24) is 5.32 Å². The number of carbonyl (C=O) groups excluding carboxylic acids is 2. The van der Waals surface area contributed by atoms with Gasteiger partial charge in [0.15, 0.2) is 0 Å². The second-order valence-electron chi connectivity index (χ2n) is 6.63. The molecule has 0 heterocycles. The van der Waals surface area contributed by atoms with Crippen LogP contribution >= 0.6 is 11.6 Å². The Bertz CT molecular complexity index is 776. The second kappa shape index (κ2) is 7.99. The summed E-state index contributed by atoms with van der Waals surface area (Å²) in [6.07, 6.45) is 1.62. The van der Waals surface area contributed by atoms with E-state index in [9.17, 15) is 9.59 Å². The van der Waals surface area contributed by atoms with Crippen molar-refractivity contribution in [3.8, 4) is 0 Å². The van der Waals surface area contributed by atoms with Crippen LogP contribution in [0.2, 0.25) is 5.02 Å². The maximum atomic E-state index is 12.6. The van der Waals surface area contributed by atoms with E-state index >= 15 is 0 Å². The van der Waals surface area contributed by atoms with Crippen LogP contribution in [-0.4, -0.2) is 11.8 Å². The van der Waals surface area contributed by atoms with Crippen LogP contribution in [0.1, 0.15) is 26.3 Å². The Morgan fingerprint density at radius 3 is 2.12 bits per heavy atom. The Hall–Kier alpha value is -2.59. The van der Waals surface area contributed by atoms with Gasteiger partial charge in [0.2, 0.25) is 5.91 Å². The minimum absolute atomic E-state index is 0.172. The largest absolute Gasteiger partial charge is 0.321 e. The van der Waals surface area contributed by atoms with Crippen molar-refractivity contribution in [2.24, 2.45) is 5.41 Å². The van der Waals surface area contributed by atoms with Crippen molar-refractivity contribution in [2.75, 3.05) is 5.32 Å². The van der Waals surface area contributed by atoms with E-state index in [1.54, 1.807) is 63.2 Å². The van der Waals surface area contributed by atoms with Crippen LogP contribution in [0.5, 0.6) is 0 Å². The molecule has 0 aliphatic heterocycles. The van der Waals surface area contributed by atoms with Crippen LogP contribution in [0.15, 0.2) is 60.3 Å². The van der Waals surface area contributed by atoms with Crippen LogP contribution in [0.3, 0.4) is 0 Å². The lowest BCUT2D eigenvalue weighted by Gasteiger charge is -2.19. The van der Waals surface area contributed by atoms with Gasteiger partial charge in [0.05, 0.1) is 0 Å². The molecular formula is C20H21ClN2O2. The molecule has 0 spiro atoms. The molecule has 0 saturated carbocycles. The normalized spacial score (nSPS) is 11.8. The lowest BCUT2D eigenvalue weighted by Crippen LogP contribution is -2.38. The molecule has 0 radical (unpaired) electrons. The Balaban J connectivity index is 2.29. The van der Waals surface area contributed by atoms with Crippen LogP contribution in [0.25, 0.3) is 6.08 Å². The first-order valence-corrected chi connectivity index (χ1v) is 8.28. The summed E-state index contributed by atoms with van der Waals surface area (Å²) in [5.41, 5.74) is 0.967. The van der Waals surface area contributed by atoms with Crippen molar-refractivity contribution in [3.63, 3.8) is 0 Å². The number of hydrogen-bond acceptors (Lipinski definition) is 2. The van der Waals surface area contributed by atoms with E-state index in [2.05, 4.69) is 10.6 Å². The maximum Gasteiger partial charge on any atom is 0.272 e. The van der Waals surface area contributed by atoms with Gasteiger partial charge in [-0.2, -0.15) is 0 Å². The third kappa shape index (κ3) is 5.76.